The van der Waals surface area contributed by atoms with Crippen molar-refractivity contribution in [2.24, 2.45) is 5.73 Å². The fourth-order valence-corrected chi connectivity index (χ4v) is 3.20. The number of hydrogen-bond acceptors (Lipinski definition) is 4. The molecule has 6 heteroatoms. The van der Waals surface area contributed by atoms with Crippen molar-refractivity contribution in [3.8, 4) is 0 Å². The zero-order chi connectivity index (χ0) is 16.1. The van der Waals surface area contributed by atoms with Crippen molar-refractivity contribution in [1.82, 2.24) is 0 Å². The molecule has 0 aliphatic heterocycles. The Morgan fingerprint density at radius 3 is 2.05 bits per heavy atom. The van der Waals surface area contributed by atoms with Crippen molar-refractivity contribution in [2.45, 2.75) is 27.7 Å². The van der Waals surface area contributed by atoms with E-state index in [9.17, 15) is 9.00 Å². The molecular weight excluding hydrogens is 316 g/mol. The first-order valence-electron chi connectivity index (χ1n) is 6.73. The maximum Gasteiger partial charge on any atom is 0.240 e. The van der Waals surface area contributed by atoms with Crippen LogP contribution in [0.2, 0.25) is 0 Å². The molecule has 4 nitrogen and oxygen atoms in total. The Kier molecular flexibility index (Phi) is 5.76. The van der Waals surface area contributed by atoms with Gasteiger partial charge in [0.1, 0.15) is 0 Å². The molecule has 1 amide bonds. The summed E-state index contributed by atoms with van der Waals surface area (Å²) in [7, 11) is -1.23. The summed E-state index contributed by atoms with van der Waals surface area (Å²) in [4.78, 5) is 14.1. The monoisotopic (exact) mass is 334 g/mol. The Hall–Kier alpha value is -1.63. The van der Waals surface area contributed by atoms with E-state index < -0.39 is 16.8 Å². The van der Waals surface area contributed by atoms with Crippen LogP contribution in [0.3, 0.4) is 0 Å². The van der Waals surface area contributed by atoms with E-state index in [4.69, 9.17) is 5.73 Å². The maximum atomic E-state index is 12.5. The van der Waals surface area contributed by atoms with Gasteiger partial charge in [-0.05, 0) is 61.7 Å². The predicted octanol–water partition coefficient (Wildman–Crippen LogP) is 2.86. The summed E-state index contributed by atoms with van der Waals surface area (Å²) in [6, 6.07) is 14.0. The standard InChI is InChI=1S/C16H18N2O2S2/c1-11(17)16(19)18-12-3-7-14(8-4-12)22(20)15-9-5-13(21-2)6-10-15/h3-11H,17H2,1-2H3,(H,18,19). The van der Waals surface area contributed by atoms with Gasteiger partial charge in [-0.1, -0.05) is 0 Å². The molecule has 2 rings (SSSR count). The van der Waals surface area contributed by atoms with Gasteiger partial charge in [-0.15, -0.1) is 11.8 Å². The first-order valence-corrected chi connectivity index (χ1v) is 9.11. The smallest absolute Gasteiger partial charge is 0.240 e. The van der Waals surface area contributed by atoms with Crippen LogP contribution in [-0.2, 0) is 15.6 Å². The quantitative estimate of drug-likeness (QED) is 0.825. The van der Waals surface area contributed by atoms with Gasteiger partial charge >= 0.3 is 0 Å². The summed E-state index contributed by atoms with van der Waals surface area (Å²) in [5, 5.41) is 2.70. The first kappa shape index (κ1) is 16.7. The third-order valence-corrected chi connectivity index (χ3v) is 5.17. The number of carbonyl (C=O) groups excluding carboxylic acids is 1. The van der Waals surface area contributed by atoms with E-state index in [-0.39, 0.29) is 5.91 Å². The highest BCUT2D eigenvalue weighted by Gasteiger charge is 2.10. The van der Waals surface area contributed by atoms with E-state index in [1.54, 1.807) is 43.0 Å². The van der Waals surface area contributed by atoms with Crippen LogP contribution in [0.1, 0.15) is 6.92 Å². The van der Waals surface area contributed by atoms with Gasteiger partial charge in [0.25, 0.3) is 0 Å². The molecule has 22 heavy (non-hydrogen) atoms. The molecule has 3 N–H and O–H groups in total. The van der Waals surface area contributed by atoms with Crippen molar-refractivity contribution >= 4 is 34.2 Å². The molecule has 116 valence electrons. The largest absolute Gasteiger partial charge is 0.325 e. The molecule has 2 atom stereocenters. The second-order valence-electron chi connectivity index (χ2n) is 4.75. The van der Waals surface area contributed by atoms with Crippen LogP contribution >= 0.6 is 11.8 Å². The van der Waals surface area contributed by atoms with Crippen LogP contribution < -0.4 is 11.1 Å². The average Bonchev–Trinajstić information content (AvgIpc) is 2.55. The van der Waals surface area contributed by atoms with Gasteiger partial charge in [-0.3, -0.25) is 4.79 Å². The van der Waals surface area contributed by atoms with Crippen LogP contribution in [0.5, 0.6) is 0 Å². The third kappa shape index (κ3) is 4.19. The topological polar surface area (TPSA) is 72.2 Å². The Morgan fingerprint density at radius 2 is 1.59 bits per heavy atom. The average molecular weight is 334 g/mol. The lowest BCUT2D eigenvalue weighted by atomic mass is 10.3. The molecule has 0 bridgehead atoms. The summed E-state index contributed by atoms with van der Waals surface area (Å²) in [5.41, 5.74) is 6.14. The number of thioether (sulfide) groups is 1. The molecule has 0 fully saturated rings. The minimum absolute atomic E-state index is 0.249. The van der Waals surface area contributed by atoms with Crippen molar-refractivity contribution in [3.05, 3.63) is 48.5 Å². The summed E-state index contributed by atoms with van der Waals surface area (Å²) < 4.78 is 12.5. The Balaban J connectivity index is 2.12. The molecule has 0 aromatic heterocycles. The van der Waals surface area contributed by atoms with E-state index in [1.165, 1.54) is 0 Å². The van der Waals surface area contributed by atoms with E-state index in [0.717, 1.165) is 9.79 Å². The van der Waals surface area contributed by atoms with Gasteiger partial charge in [-0.25, -0.2) is 4.21 Å². The molecule has 0 saturated carbocycles. The van der Waals surface area contributed by atoms with Crippen LogP contribution in [0.4, 0.5) is 5.69 Å². The molecule has 0 spiro atoms. The zero-order valence-electron chi connectivity index (χ0n) is 12.4. The van der Waals surface area contributed by atoms with Gasteiger partial charge in [0.2, 0.25) is 5.91 Å². The van der Waals surface area contributed by atoms with E-state index in [1.807, 2.05) is 30.5 Å². The SMILES string of the molecule is CSc1ccc(S(=O)c2ccc(NC(=O)C(C)N)cc2)cc1. The summed E-state index contributed by atoms with van der Waals surface area (Å²) in [6.07, 6.45) is 2.00. The number of carbonyl (C=O) groups is 1. The molecule has 2 unspecified atom stereocenters. The highest BCUT2D eigenvalue weighted by atomic mass is 32.2. The van der Waals surface area contributed by atoms with E-state index >= 15 is 0 Å². The van der Waals surface area contributed by atoms with Crippen LogP contribution in [0.15, 0.2) is 63.2 Å². The van der Waals surface area contributed by atoms with Crippen LogP contribution in [0, 0.1) is 0 Å². The molecule has 2 aromatic carbocycles. The minimum atomic E-state index is -1.23. The summed E-state index contributed by atoms with van der Waals surface area (Å²) in [5.74, 6) is -0.249. The van der Waals surface area contributed by atoms with Crippen molar-refractivity contribution < 1.29 is 9.00 Å². The van der Waals surface area contributed by atoms with Gasteiger partial charge in [0, 0.05) is 20.4 Å². The van der Waals surface area contributed by atoms with Gasteiger partial charge < -0.3 is 11.1 Å². The third-order valence-electron chi connectivity index (χ3n) is 3.02. The molecule has 0 saturated heterocycles. The summed E-state index contributed by atoms with van der Waals surface area (Å²) >= 11 is 1.65. The number of benzene rings is 2. The minimum Gasteiger partial charge on any atom is -0.325 e. The predicted molar refractivity (Wildman–Crippen MR) is 91.6 cm³/mol. The Bertz CT molecular complexity index is 668. The maximum absolute atomic E-state index is 12.5. The molecule has 0 aliphatic carbocycles. The van der Waals surface area contributed by atoms with E-state index in [0.29, 0.717) is 10.6 Å². The molecular formula is C16H18N2O2S2. The van der Waals surface area contributed by atoms with Crippen molar-refractivity contribution in [1.29, 1.82) is 0 Å². The fourth-order valence-electron chi connectivity index (χ4n) is 1.75. The Labute approximate surface area is 136 Å². The number of amides is 1. The number of nitrogens with one attached hydrogen (secondary N) is 1. The van der Waals surface area contributed by atoms with Crippen molar-refractivity contribution in [3.63, 3.8) is 0 Å². The highest BCUT2D eigenvalue weighted by molar-refractivity contribution is 7.98. The molecule has 0 heterocycles. The van der Waals surface area contributed by atoms with Gasteiger partial charge in [-0.2, -0.15) is 0 Å². The van der Waals surface area contributed by atoms with Gasteiger partial charge in [0.15, 0.2) is 0 Å². The second-order valence-corrected chi connectivity index (χ2v) is 7.11. The molecule has 2 aromatic rings. The molecule has 0 aliphatic rings. The highest BCUT2D eigenvalue weighted by Crippen LogP contribution is 2.21. The van der Waals surface area contributed by atoms with Gasteiger partial charge in [0.05, 0.1) is 16.8 Å². The number of anilines is 1. The Morgan fingerprint density at radius 1 is 1.09 bits per heavy atom. The van der Waals surface area contributed by atoms with E-state index in [2.05, 4.69) is 5.32 Å². The lowest BCUT2D eigenvalue weighted by Gasteiger charge is -2.08. The zero-order valence-corrected chi connectivity index (χ0v) is 14.0. The second kappa shape index (κ2) is 7.58. The first-order chi connectivity index (χ1) is 10.5. The van der Waals surface area contributed by atoms with Crippen LogP contribution in [0.25, 0.3) is 0 Å². The molecule has 0 radical (unpaired) electrons. The number of hydrogen-bond donors (Lipinski definition) is 2. The number of rotatable bonds is 5. The van der Waals surface area contributed by atoms with Crippen molar-refractivity contribution in [2.75, 3.05) is 11.6 Å². The lowest BCUT2D eigenvalue weighted by molar-refractivity contribution is -0.117. The van der Waals surface area contributed by atoms with Crippen LogP contribution in [-0.4, -0.2) is 22.4 Å². The fraction of sp³-hybridized carbons (Fsp3) is 0.188. The summed E-state index contributed by atoms with van der Waals surface area (Å²) in [6.45, 7) is 1.62. The normalized spacial score (nSPS) is 13.4. The number of nitrogens with two attached hydrogens (primary N) is 1. The lowest BCUT2D eigenvalue weighted by Crippen LogP contribution is -2.32.